The molecule has 0 aromatic carbocycles. The SMILES string of the molecule is CCN(CC1CCCO1)C(=O)C1CCNC(C)C1. The van der Waals surface area contributed by atoms with Gasteiger partial charge in [0.2, 0.25) is 5.91 Å². The van der Waals surface area contributed by atoms with Gasteiger partial charge in [-0.3, -0.25) is 4.79 Å². The van der Waals surface area contributed by atoms with Crippen molar-refractivity contribution in [3.05, 3.63) is 0 Å². The van der Waals surface area contributed by atoms with Crippen LogP contribution in [0.25, 0.3) is 0 Å². The van der Waals surface area contributed by atoms with Crippen LogP contribution in [0.2, 0.25) is 0 Å². The molecule has 0 aromatic rings. The Bertz CT molecular complexity index is 277. The van der Waals surface area contributed by atoms with E-state index in [1.807, 2.05) is 4.90 Å². The van der Waals surface area contributed by atoms with Crippen molar-refractivity contribution in [3.8, 4) is 0 Å². The van der Waals surface area contributed by atoms with Gasteiger partial charge in [-0.25, -0.2) is 0 Å². The Hall–Kier alpha value is -0.610. The third-order valence-electron chi connectivity index (χ3n) is 4.11. The first-order valence-corrected chi connectivity index (χ1v) is 7.34. The largest absolute Gasteiger partial charge is 0.376 e. The molecule has 4 nitrogen and oxygen atoms in total. The van der Waals surface area contributed by atoms with E-state index in [4.69, 9.17) is 4.74 Å². The van der Waals surface area contributed by atoms with Gasteiger partial charge in [0.1, 0.15) is 0 Å². The number of carbonyl (C=O) groups is 1. The van der Waals surface area contributed by atoms with Crippen molar-refractivity contribution in [2.75, 3.05) is 26.2 Å². The molecule has 3 unspecified atom stereocenters. The van der Waals surface area contributed by atoms with Crippen molar-refractivity contribution in [1.29, 1.82) is 0 Å². The zero-order chi connectivity index (χ0) is 13.0. The number of hydrogen-bond acceptors (Lipinski definition) is 3. The second kappa shape index (κ2) is 6.53. The number of ether oxygens (including phenoxy) is 1. The van der Waals surface area contributed by atoms with Gasteiger partial charge in [-0.2, -0.15) is 0 Å². The fourth-order valence-corrected chi connectivity index (χ4v) is 3.02. The number of amides is 1. The maximum atomic E-state index is 12.5. The van der Waals surface area contributed by atoms with E-state index in [0.29, 0.717) is 11.9 Å². The lowest BCUT2D eigenvalue weighted by Crippen LogP contribution is -2.46. The van der Waals surface area contributed by atoms with Gasteiger partial charge in [0.05, 0.1) is 6.10 Å². The van der Waals surface area contributed by atoms with E-state index in [2.05, 4.69) is 19.2 Å². The number of hydrogen-bond donors (Lipinski definition) is 1. The molecular weight excluding hydrogens is 228 g/mol. The highest BCUT2D eigenvalue weighted by atomic mass is 16.5. The van der Waals surface area contributed by atoms with Crippen molar-refractivity contribution in [2.45, 2.75) is 51.7 Å². The first-order chi connectivity index (χ1) is 8.70. The molecule has 1 N–H and O–H groups in total. The van der Waals surface area contributed by atoms with Crippen molar-refractivity contribution >= 4 is 5.91 Å². The molecule has 0 aromatic heterocycles. The first kappa shape index (κ1) is 13.8. The monoisotopic (exact) mass is 254 g/mol. The standard InChI is InChI=1S/C14H26N2O2/c1-3-16(10-13-5-4-8-18-13)14(17)12-6-7-15-11(2)9-12/h11-13,15H,3-10H2,1-2H3. The Balaban J connectivity index is 1.87. The van der Waals surface area contributed by atoms with Crippen molar-refractivity contribution in [3.63, 3.8) is 0 Å². The summed E-state index contributed by atoms with van der Waals surface area (Å²) >= 11 is 0. The summed E-state index contributed by atoms with van der Waals surface area (Å²) < 4.78 is 5.64. The van der Waals surface area contributed by atoms with Gasteiger partial charge >= 0.3 is 0 Å². The number of piperidine rings is 1. The van der Waals surface area contributed by atoms with Crippen LogP contribution in [0.4, 0.5) is 0 Å². The Kier molecular flexibility index (Phi) is 5.01. The smallest absolute Gasteiger partial charge is 0.225 e. The van der Waals surface area contributed by atoms with Crippen molar-refractivity contribution < 1.29 is 9.53 Å². The molecule has 3 atom stereocenters. The maximum Gasteiger partial charge on any atom is 0.225 e. The van der Waals surface area contributed by atoms with Gasteiger partial charge < -0.3 is 15.0 Å². The predicted octanol–water partition coefficient (Wildman–Crippen LogP) is 1.40. The predicted molar refractivity (Wildman–Crippen MR) is 71.4 cm³/mol. The van der Waals surface area contributed by atoms with E-state index in [1.165, 1.54) is 0 Å². The fraction of sp³-hybridized carbons (Fsp3) is 0.929. The second-order valence-corrected chi connectivity index (χ2v) is 5.59. The van der Waals surface area contributed by atoms with Crippen LogP contribution in [-0.2, 0) is 9.53 Å². The Labute approximate surface area is 110 Å². The molecule has 2 saturated heterocycles. The maximum absolute atomic E-state index is 12.5. The van der Waals surface area contributed by atoms with E-state index < -0.39 is 0 Å². The zero-order valence-corrected chi connectivity index (χ0v) is 11.7. The number of rotatable bonds is 4. The summed E-state index contributed by atoms with van der Waals surface area (Å²) in [6.45, 7) is 7.65. The van der Waals surface area contributed by atoms with Gasteiger partial charge in [0, 0.05) is 31.7 Å². The molecule has 2 heterocycles. The summed E-state index contributed by atoms with van der Waals surface area (Å²) in [6.07, 6.45) is 4.47. The lowest BCUT2D eigenvalue weighted by Gasteiger charge is -2.32. The summed E-state index contributed by atoms with van der Waals surface area (Å²) in [5, 5.41) is 3.40. The van der Waals surface area contributed by atoms with Gasteiger partial charge in [0.25, 0.3) is 0 Å². The highest BCUT2D eigenvalue weighted by molar-refractivity contribution is 5.79. The molecule has 0 saturated carbocycles. The van der Waals surface area contributed by atoms with Crippen LogP contribution in [0.15, 0.2) is 0 Å². The zero-order valence-electron chi connectivity index (χ0n) is 11.7. The number of nitrogens with one attached hydrogen (secondary N) is 1. The van der Waals surface area contributed by atoms with Crippen LogP contribution < -0.4 is 5.32 Å². The summed E-state index contributed by atoms with van der Waals surface area (Å²) in [4.78, 5) is 14.5. The first-order valence-electron chi connectivity index (χ1n) is 7.34. The van der Waals surface area contributed by atoms with E-state index >= 15 is 0 Å². The van der Waals surface area contributed by atoms with Gasteiger partial charge in [0.15, 0.2) is 0 Å². The van der Waals surface area contributed by atoms with Crippen LogP contribution in [0.1, 0.15) is 39.5 Å². The molecule has 2 rings (SSSR count). The molecule has 0 bridgehead atoms. The Morgan fingerprint density at radius 1 is 1.44 bits per heavy atom. The topological polar surface area (TPSA) is 41.6 Å². The van der Waals surface area contributed by atoms with Crippen LogP contribution >= 0.6 is 0 Å². The molecule has 1 amide bonds. The Morgan fingerprint density at radius 3 is 2.89 bits per heavy atom. The molecule has 2 fully saturated rings. The normalized spacial score (nSPS) is 32.4. The van der Waals surface area contributed by atoms with Gasteiger partial charge in [-0.1, -0.05) is 0 Å². The van der Waals surface area contributed by atoms with Crippen LogP contribution in [0, 0.1) is 5.92 Å². The Morgan fingerprint density at radius 2 is 2.28 bits per heavy atom. The molecule has 2 aliphatic rings. The number of carbonyl (C=O) groups excluding carboxylic acids is 1. The molecule has 18 heavy (non-hydrogen) atoms. The number of nitrogens with zero attached hydrogens (tertiary/aromatic N) is 1. The van der Waals surface area contributed by atoms with E-state index in [1.54, 1.807) is 0 Å². The van der Waals surface area contributed by atoms with Gasteiger partial charge in [-0.15, -0.1) is 0 Å². The molecule has 4 heteroatoms. The lowest BCUT2D eigenvalue weighted by molar-refractivity contribution is -0.138. The third kappa shape index (κ3) is 3.45. The molecule has 104 valence electrons. The van der Waals surface area contributed by atoms with Crippen molar-refractivity contribution in [1.82, 2.24) is 10.2 Å². The summed E-state index contributed by atoms with van der Waals surface area (Å²) in [5.41, 5.74) is 0. The van der Waals surface area contributed by atoms with E-state index in [9.17, 15) is 4.79 Å². The van der Waals surface area contributed by atoms with Crippen molar-refractivity contribution in [2.24, 2.45) is 5.92 Å². The minimum Gasteiger partial charge on any atom is -0.376 e. The quantitative estimate of drug-likeness (QED) is 0.824. The minimum absolute atomic E-state index is 0.211. The van der Waals surface area contributed by atoms with Crippen LogP contribution in [0.5, 0.6) is 0 Å². The van der Waals surface area contributed by atoms with E-state index in [0.717, 1.165) is 51.9 Å². The fourth-order valence-electron chi connectivity index (χ4n) is 3.02. The molecule has 0 radical (unpaired) electrons. The highest BCUT2D eigenvalue weighted by Gasteiger charge is 2.29. The van der Waals surface area contributed by atoms with Crippen LogP contribution in [0.3, 0.4) is 0 Å². The molecule has 0 spiro atoms. The molecule has 0 aliphatic carbocycles. The van der Waals surface area contributed by atoms with Gasteiger partial charge in [-0.05, 0) is 46.1 Å². The third-order valence-corrected chi connectivity index (χ3v) is 4.11. The minimum atomic E-state index is 0.211. The van der Waals surface area contributed by atoms with Crippen LogP contribution in [-0.4, -0.2) is 49.2 Å². The average molecular weight is 254 g/mol. The highest BCUT2D eigenvalue weighted by Crippen LogP contribution is 2.20. The molecule has 2 aliphatic heterocycles. The lowest BCUT2D eigenvalue weighted by atomic mass is 9.92. The summed E-state index contributed by atoms with van der Waals surface area (Å²) in [7, 11) is 0. The van der Waals surface area contributed by atoms with E-state index in [-0.39, 0.29) is 12.0 Å². The second-order valence-electron chi connectivity index (χ2n) is 5.59. The average Bonchev–Trinajstić information content (AvgIpc) is 2.88. The summed E-state index contributed by atoms with van der Waals surface area (Å²) in [5.74, 6) is 0.545. The molecular formula is C14H26N2O2. The summed E-state index contributed by atoms with van der Waals surface area (Å²) in [6, 6.07) is 0.467. The number of likely N-dealkylation sites (N-methyl/N-ethyl adjacent to an activating group) is 1.